The molecule has 11 nitrogen and oxygen atoms in total. The van der Waals surface area contributed by atoms with Gasteiger partial charge in [0.05, 0.1) is 37.2 Å². The highest BCUT2D eigenvalue weighted by molar-refractivity contribution is 6.07. The number of fused-ring (bicyclic) bond motifs is 1. The lowest BCUT2D eigenvalue weighted by Crippen LogP contribution is -2.50. The molecule has 0 radical (unpaired) electrons. The summed E-state index contributed by atoms with van der Waals surface area (Å²) in [5.41, 5.74) is 9.68. The Hall–Kier alpha value is -3.41. The van der Waals surface area contributed by atoms with E-state index in [0.29, 0.717) is 31.0 Å². The lowest BCUT2D eigenvalue weighted by atomic mass is 9.87. The van der Waals surface area contributed by atoms with Crippen molar-refractivity contribution in [2.24, 2.45) is 7.05 Å². The zero-order valence-electron chi connectivity index (χ0n) is 19.2. The Kier molecular flexibility index (Phi) is 6.63. The second-order valence-corrected chi connectivity index (χ2v) is 8.38. The highest BCUT2D eigenvalue weighted by Gasteiger charge is 2.32. The number of nitrogens with zero attached hydrogens (tertiary/aromatic N) is 6. The molecule has 4 rings (SSSR count). The summed E-state index contributed by atoms with van der Waals surface area (Å²) < 4.78 is 8.27. The molecular formula is C21H29BN8O3. The summed E-state index contributed by atoms with van der Waals surface area (Å²) in [6.45, 7) is 3.05. The van der Waals surface area contributed by atoms with Gasteiger partial charge in [-0.05, 0) is 26.3 Å². The largest absolute Gasteiger partial charge is 0.466 e. The molecule has 3 aromatic rings. The monoisotopic (exact) mass is 452 g/mol. The van der Waals surface area contributed by atoms with E-state index in [4.69, 9.17) is 15.5 Å². The summed E-state index contributed by atoms with van der Waals surface area (Å²) in [4.78, 5) is 31.0. The second kappa shape index (κ2) is 9.61. The number of rotatable bonds is 7. The van der Waals surface area contributed by atoms with Crippen LogP contribution in [0.25, 0.3) is 16.8 Å². The van der Waals surface area contributed by atoms with Gasteiger partial charge in [0, 0.05) is 42.9 Å². The van der Waals surface area contributed by atoms with Crippen molar-refractivity contribution >= 4 is 31.3 Å². The first-order valence-electron chi connectivity index (χ1n) is 11.1. The van der Waals surface area contributed by atoms with Crippen molar-refractivity contribution in [1.82, 2.24) is 34.5 Å². The van der Waals surface area contributed by atoms with Crippen LogP contribution in [0.2, 0.25) is 0 Å². The van der Waals surface area contributed by atoms with Crippen LogP contribution in [-0.2, 0) is 21.4 Å². The first kappa shape index (κ1) is 22.8. The number of hydrogen-bond acceptors (Lipinski definition) is 8. The molecule has 0 spiro atoms. The normalized spacial score (nSPS) is 19.0. The predicted octanol–water partition coefficient (Wildman–Crippen LogP) is -0.122. The fourth-order valence-corrected chi connectivity index (χ4v) is 4.34. The van der Waals surface area contributed by atoms with E-state index < -0.39 is 0 Å². The Bertz CT molecular complexity index is 1160. The van der Waals surface area contributed by atoms with E-state index in [1.807, 2.05) is 32.1 Å². The molecule has 1 saturated heterocycles. The van der Waals surface area contributed by atoms with Gasteiger partial charge in [-0.1, -0.05) is 0 Å². The number of nitrogen functional groups attached to an aromatic ring is 1. The second-order valence-electron chi connectivity index (χ2n) is 8.38. The molecule has 1 amide bonds. The van der Waals surface area contributed by atoms with Gasteiger partial charge < -0.3 is 20.6 Å². The van der Waals surface area contributed by atoms with Crippen LogP contribution in [0.1, 0.15) is 37.8 Å². The summed E-state index contributed by atoms with van der Waals surface area (Å²) >= 11 is 0. The van der Waals surface area contributed by atoms with Crippen molar-refractivity contribution in [3.05, 3.63) is 30.4 Å². The number of anilines is 1. The number of hydrogen-bond donors (Lipinski definition) is 2. The molecule has 174 valence electrons. The molecule has 1 fully saturated rings. The number of aryl methyl sites for hydroxylation is 1. The Balaban J connectivity index is 1.45. The van der Waals surface area contributed by atoms with Crippen molar-refractivity contribution in [2.45, 2.75) is 38.1 Å². The first-order chi connectivity index (χ1) is 15.9. The summed E-state index contributed by atoms with van der Waals surface area (Å²) in [7, 11) is 3.80. The van der Waals surface area contributed by atoms with E-state index in [-0.39, 0.29) is 36.8 Å². The molecule has 0 aromatic carbocycles. The summed E-state index contributed by atoms with van der Waals surface area (Å²) in [6.07, 6.45) is 7.12. The molecule has 4 heterocycles. The van der Waals surface area contributed by atoms with Crippen LogP contribution in [0.15, 0.2) is 24.7 Å². The van der Waals surface area contributed by atoms with E-state index in [0.717, 1.165) is 23.2 Å². The van der Waals surface area contributed by atoms with Crippen LogP contribution in [0, 0.1) is 0 Å². The van der Waals surface area contributed by atoms with E-state index >= 15 is 0 Å². The molecular weight excluding hydrogens is 423 g/mol. The number of nitrogens with one attached hydrogen (secondary N) is 1. The minimum Gasteiger partial charge on any atom is -0.466 e. The standard InChI is InChI=1S/C21H29BN8O3/c1-3-33-19(31)6-7-24-21(32)17-5-4-13(12-29(17)22)16-8-18(23)30-20(27-16)15(10-26-30)14-9-25-28(2)11-14/h8-11,13,17H,3-7,12,22-23H2,1-2H3,(H,24,32)/t13-,17-/m0/s1. The topological polar surface area (TPSA) is 133 Å². The van der Waals surface area contributed by atoms with Gasteiger partial charge in [0.25, 0.3) is 0 Å². The van der Waals surface area contributed by atoms with E-state index in [2.05, 4.69) is 15.5 Å². The molecule has 3 N–H and O–H groups in total. The molecule has 3 aromatic heterocycles. The van der Waals surface area contributed by atoms with Crippen LogP contribution in [0.3, 0.4) is 0 Å². The fourth-order valence-electron chi connectivity index (χ4n) is 4.34. The van der Waals surface area contributed by atoms with E-state index in [1.54, 1.807) is 28.5 Å². The van der Waals surface area contributed by atoms with Gasteiger partial charge in [0.2, 0.25) is 5.91 Å². The van der Waals surface area contributed by atoms with Gasteiger partial charge in [-0.15, -0.1) is 0 Å². The smallest absolute Gasteiger partial charge is 0.307 e. The Morgan fingerprint density at radius 2 is 2.12 bits per heavy atom. The summed E-state index contributed by atoms with van der Waals surface area (Å²) in [6, 6.07) is 1.62. The number of ether oxygens (including phenoxy) is 1. The summed E-state index contributed by atoms with van der Waals surface area (Å²) in [5, 5.41) is 11.5. The molecule has 0 saturated carbocycles. The predicted molar refractivity (Wildman–Crippen MR) is 125 cm³/mol. The number of piperidine rings is 1. The van der Waals surface area contributed by atoms with Gasteiger partial charge in [0.1, 0.15) is 5.82 Å². The average molecular weight is 452 g/mol. The third-order valence-electron chi connectivity index (χ3n) is 6.02. The van der Waals surface area contributed by atoms with Crippen molar-refractivity contribution in [2.75, 3.05) is 25.4 Å². The van der Waals surface area contributed by atoms with Gasteiger partial charge in [-0.25, -0.2) is 4.98 Å². The van der Waals surface area contributed by atoms with Crippen molar-refractivity contribution in [3.8, 4) is 11.1 Å². The summed E-state index contributed by atoms with van der Waals surface area (Å²) in [5.74, 6) is 0.284. The molecule has 12 heteroatoms. The van der Waals surface area contributed by atoms with Crippen molar-refractivity contribution < 1.29 is 14.3 Å². The third kappa shape index (κ3) is 4.85. The zero-order chi connectivity index (χ0) is 23.5. The quantitative estimate of drug-likeness (QED) is 0.375. The van der Waals surface area contributed by atoms with Gasteiger partial charge in [0.15, 0.2) is 13.6 Å². The lowest BCUT2D eigenvalue weighted by Gasteiger charge is -2.36. The van der Waals surface area contributed by atoms with Crippen LogP contribution in [-0.4, -0.2) is 74.8 Å². The molecule has 0 unspecified atom stereocenters. The van der Waals surface area contributed by atoms with Crippen LogP contribution in [0.4, 0.5) is 5.82 Å². The van der Waals surface area contributed by atoms with Gasteiger partial charge >= 0.3 is 5.97 Å². The lowest BCUT2D eigenvalue weighted by molar-refractivity contribution is -0.143. The highest BCUT2D eigenvalue weighted by Crippen LogP contribution is 2.31. The average Bonchev–Trinajstić information content (AvgIpc) is 3.40. The SMILES string of the molecule is BN1C[C@@H](c2cc(N)n3ncc(-c4cnn(C)c4)c3n2)CC[C@H]1C(=O)NCCC(=O)OCC. The number of nitrogens with two attached hydrogens (primary N) is 1. The van der Waals surface area contributed by atoms with Crippen molar-refractivity contribution in [3.63, 3.8) is 0 Å². The fraction of sp³-hybridized carbons (Fsp3) is 0.476. The molecule has 33 heavy (non-hydrogen) atoms. The van der Waals surface area contributed by atoms with Crippen LogP contribution < -0.4 is 11.1 Å². The van der Waals surface area contributed by atoms with Crippen LogP contribution >= 0.6 is 0 Å². The maximum absolute atomic E-state index is 12.6. The van der Waals surface area contributed by atoms with E-state index in [9.17, 15) is 9.59 Å². The minimum absolute atomic E-state index is 0.0715. The van der Waals surface area contributed by atoms with Gasteiger partial charge in [-0.2, -0.15) is 14.7 Å². The Labute approximate surface area is 192 Å². The Morgan fingerprint density at radius 1 is 1.30 bits per heavy atom. The first-order valence-corrected chi connectivity index (χ1v) is 11.1. The molecule has 2 atom stereocenters. The molecule has 0 bridgehead atoms. The Morgan fingerprint density at radius 3 is 2.82 bits per heavy atom. The van der Waals surface area contributed by atoms with Crippen LogP contribution in [0.5, 0.6) is 0 Å². The number of carbonyl (C=O) groups excluding carboxylic acids is 2. The maximum Gasteiger partial charge on any atom is 0.307 e. The van der Waals surface area contributed by atoms with Gasteiger partial charge in [-0.3, -0.25) is 14.3 Å². The highest BCUT2D eigenvalue weighted by atomic mass is 16.5. The molecule has 1 aliphatic rings. The number of aromatic nitrogens is 5. The number of esters is 1. The maximum atomic E-state index is 12.6. The third-order valence-corrected chi connectivity index (χ3v) is 6.02. The number of carbonyl (C=O) groups is 2. The zero-order valence-corrected chi connectivity index (χ0v) is 19.2. The minimum atomic E-state index is -0.306. The van der Waals surface area contributed by atoms with E-state index in [1.165, 1.54) is 0 Å². The van der Waals surface area contributed by atoms with Crippen molar-refractivity contribution in [1.29, 1.82) is 0 Å². The molecule has 1 aliphatic heterocycles. The number of amides is 1. The molecule has 0 aliphatic carbocycles.